The highest BCUT2D eigenvalue weighted by molar-refractivity contribution is 8.00. The van der Waals surface area contributed by atoms with E-state index in [1.54, 1.807) is 6.92 Å². The van der Waals surface area contributed by atoms with E-state index >= 15 is 0 Å². The molecule has 0 heterocycles. The summed E-state index contributed by atoms with van der Waals surface area (Å²) >= 11 is 1.43. The molecule has 0 saturated heterocycles. The van der Waals surface area contributed by atoms with Gasteiger partial charge < -0.3 is 4.74 Å². The fourth-order valence-electron chi connectivity index (χ4n) is 2.23. The Labute approximate surface area is 158 Å². The molecule has 2 amide bonds. The summed E-state index contributed by atoms with van der Waals surface area (Å²) in [5.41, 5.74) is 8.04. The number of rotatable bonds is 6. The maximum Gasteiger partial charge on any atom is 0.279 e. The van der Waals surface area contributed by atoms with E-state index in [4.69, 9.17) is 4.74 Å². The Morgan fingerprint density at radius 2 is 1.69 bits per heavy atom. The van der Waals surface area contributed by atoms with Crippen molar-refractivity contribution >= 4 is 23.6 Å². The Kier molecular flexibility index (Phi) is 7.09. The van der Waals surface area contributed by atoms with Crippen LogP contribution in [0.3, 0.4) is 0 Å². The Morgan fingerprint density at radius 1 is 1.00 bits per heavy atom. The van der Waals surface area contributed by atoms with E-state index in [0.717, 1.165) is 21.6 Å². The summed E-state index contributed by atoms with van der Waals surface area (Å²) in [6.45, 7) is 7.57. The first-order chi connectivity index (χ1) is 12.4. The Balaban J connectivity index is 1.79. The maximum absolute atomic E-state index is 12.1. The predicted octanol–water partition coefficient (Wildman–Crippen LogP) is 3.32. The molecule has 0 spiro atoms. The summed E-state index contributed by atoms with van der Waals surface area (Å²) in [4.78, 5) is 25.1. The third kappa shape index (κ3) is 5.52. The summed E-state index contributed by atoms with van der Waals surface area (Å²) in [5.74, 6) is 0.206. The number of hydrogen-bond acceptors (Lipinski definition) is 4. The van der Waals surface area contributed by atoms with Crippen LogP contribution in [0.2, 0.25) is 0 Å². The van der Waals surface area contributed by atoms with Gasteiger partial charge >= 0.3 is 0 Å². The van der Waals surface area contributed by atoms with Crippen molar-refractivity contribution < 1.29 is 14.3 Å². The van der Waals surface area contributed by atoms with Gasteiger partial charge in [-0.25, -0.2) is 0 Å². The SMILES string of the molecule is Cc1ccccc1SCC(=O)NNC(=O)[C@H](C)Oc1cccc(C)c1C. The van der Waals surface area contributed by atoms with Gasteiger partial charge in [0.2, 0.25) is 5.91 Å². The zero-order chi connectivity index (χ0) is 19.1. The van der Waals surface area contributed by atoms with Crippen molar-refractivity contribution in [3.63, 3.8) is 0 Å². The first-order valence-corrected chi connectivity index (χ1v) is 9.37. The lowest BCUT2D eigenvalue weighted by Gasteiger charge is -2.17. The van der Waals surface area contributed by atoms with Crippen LogP contribution in [0.1, 0.15) is 23.6 Å². The molecule has 0 saturated carbocycles. The number of thioether (sulfide) groups is 1. The zero-order valence-electron chi connectivity index (χ0n) is 15.5. The zero-order valence-corrected chi connectivity index (χ0v) is 16.3. The van der Waals surface area contributed by atoms with Gasteiger partial charge in [-0.05, 0) is 56.5 Å². The molecule has 2 rings (SSSR count). The number of ether oxygens (including phenoxy) is 1. The van der Waals surface area contributed by atoms with Gasteiger partial charge in [-0.2, -0.15) is 0 Å². The summed E-state index contributed by atoms with van der Waals surface area (Å²) in [7, 11) is 0. The van der Waals surface area contributed by atoms with E-state index in [1.165, 1.54) is 11.8 Å². The smallest absolute Gasteiger partial charge is 0.279 e. The number of carbonyl (C=O) groups excluding carboxylic acids is 2. The molecular weight excluding hydrogens is 348 g/mol. The highest BCUT2D eigenvalue weighted by Gasteiger charge is 2.16. The first-order valence-electron chi connectivity index (χ1n) is 8.38. The van der Waals surface area contributed by atoms with E-state index in [-0.39, 0.29) is 11.7 Å². The Morgan fingerprint density at radius 3 is 2.42 bits per heavy atom. The summed E-state index contributed by atoms with van der Waals surface area (Å²) in [6.07, 6.45) is -0.722. The fourth-order valence-corrected chi connectivity index (χ4v) is 3.06. The van der Waals surface area contributed by atoms with E-state index in [1.807, 2.05) is 63.2 Å². The molecule has 0 fully saturated rings. The van der Waals surface area contributed by atoms with Gasteiger partial charge in [0.1, 0.15) is 5.75 Å². The fraction of sp³-hybridized carbons (Fsp3) is 0.300. The normalized spacial score (nSPS) is 11.5. The lowest BCUT2D eigenvalue weighted by atomic mass is 10.1. The van der Waals surface area contributed by atoms with Crippen molar-refractivity contribution in [1.29, 1.82) is 0 Å². The van der Waals surface area contributed by atoms with Gasteiger partial charge in [0.25, 0.3) is 5.91 Å². The summed E-state index contributed by atoms with van der Waals surface area (Å²) in [6, 6.07) is 13.5. The average Bonchev–Trinajstić information content (AvgIpc) is 2.62. The van der Waals surface area contributed by atoms with Gasteiger partial charge in [-0.3, -0.25) is 20.4 Å². The molecule has 0 aromatic heterocycles. The van der Waals surface area contributed by atoms with E-state index in [9.17, 15) is 9.59 Å². The van der Waals surface area contributed by atoms with Gasteiger partial charge in [-0.1, -0.05) is 30.3 Å². The van der Waals surface area contributed by atoms with Crippen molar-refractivity contribution in [3.05, 3.63) is 59.2 Å². The summed E-state index contributed by atoms with van der Waals surface area (Å²) < 4.78 is 5.70. The van der Waals surface area contributed by atoms with E-state index < -0.39 is 12.0 Å². The van der Waals surface area contributed by atoms with Gasteiger partial charge in [-0.15, -0.1) is 11.8 Å². The number of benzene rings is 2. The molecule has 138 valence electrons. The van der Waals surface area contributed by atoms with Gasteiger partial charge in [0.05, 0.1) is 5.75 Å². The topological polar surface area (TPSA) is 67.4 Å². The highest BCUT2D eigenvalue weighted by atomic mass is 32.2. The minimum absolute atomic E-state index is 0.220. The second-order valence-electron chi connectivity index (χ2n) is 6.05. The quantitative estimate of drug-likeness (QED) is 0.603. The number of aryl methyl sites for hydroxylation is 2. The molecule has 2 aromatic carbocycles. The monoisotopic (exact) mass is 372 g/mol. The largest absolute Gasteiger partial charge is 0.481 e. The third-order valence-corrected chi connectivity index (χ3v) is 5.18. The minimum Gasteiger partial charge on any atom is -0.481 e. The highest BCUT2D eigenvalue weighted by Crippen LogP contribution is 2.22. The van der Waals surface area contributed by atoms with Gasteiger partial charge in [0, 0.05) is 4.90 Å². The van der Waals surface area contributed by atoms with E-state index in [0.29, 0.717) is 5.75 Å². The molecule has 2 aromatic rings. The Bertz CT molecular complexity index is 792. The second kappa shape index (κ2) is 9.29. The van der Waals surface area contributed by atoms with Crippen LogP contribution in [0.15, 0.2) is 47.4 Å². The van der Waals surface area contributed by atoms with Crippen LogP contribution < -0.4 is 15.6 Å². The number of nitrogens with one attached hydrogen (secondary N) is 2. The molecule has 1 atom stereocenters. The van der Waals surface area contributed by atoms with Crippen LogP contribution in [0.4, 0.5) is 0 Å². The first kappa shape index (κ1) is 19.8. The molecule has 0 aliphatic rings. The lowest BCUT2D eigenvalue weighted by Crippen LogP contribution is -2.47. The third-order valence-electron chi connectivity index (χ3n) is 4.01. The number of amides is 2. The van der Waals surface area contributed by atoms with Crippen LogP contribution in [-0.4, -0.2) is 23.7 Å². The molecule has 0 aliphatic heterocycles. The molecule has 0 radical (unpaired) electrons. The van der Waals surface area contributed by atoms with Crippen LogP contribution in [0.25, 0.3) is 0 Å². The number of hydrazine groups is 1. The standard InChI is InChI=1S/C20H24N2O3S/c1-13-9-7-10-17(15(13)3)25-16(4)20(24)22-21-19(23)12-26-18-11-6-5-8-14(18)2/h5-11,16H,12H2,1-4H3,(H,21,23)(H,22,24)/t16-/m0/s1. The van der Waals surface area contributed by atoms with Crippen molar-refractivity contribution in [2.75, 3.05) is 5.75 Å². The van der Waals surface area contributed by atoms with Gasteiger partial charge in [0.15, 0.2) is 6.10 Å². The molecule has 2 N–H and O–H groups in total. The van der Waals surface area contributed by atoms with Crippen LogP contribution in [-0.2, 0) is 9.59 Å². The molecule has 0 bridgehead atoms. The van der Waals surface area contributed by atoms with Crippen molar-refractivity contribution in [3.8, 4) is 5.75 Å². The average molecular weight is 372 g/mol. The van der Waals surface area contributed by atoms with Crippen molar-refractivity contribution in [1.82, 2.24) is 10.9 Å². The molecule has 0 unspecified atom stereocenters. The molecule has 6 heteroatoms. The molecule has 5 nitrogen and oxygen atoms in total. The van der Waals surface area contributed by atoms with Crippen LogP contribution >= 0.6 is 11.8 Å². The second-order valence-corrected chi connectivity index (χ2v) is 7.07. The molecule has 26 heavy (non-hydrogen) atoms. The maximum atomic E-state index is 12.1. The predicted molar refractivity (Wildman–Crippen MR) is 104 cm³/mol. The lowest BCUT2D eigenvalue weighted by molar-refractivity contribution is -0.131. The number of hydrogen-bond donors (Lipinski definition) is 2. The van der Waals surface area contributed by atoms with Crippen molar-refractivity contribution in [2.24, 2.45) is 0 Å². The molecule has 0 aliphatic carbocycles. The number of carbonyl (C=O) groups is 2. The van der Waals surface area contributed by atoms with Crippen LogP contribution in [0.5, 0.6) is 5.75 Å². The Hall–Kier alpha value is -2.47. The minimum atomic E-state index is -0.722. The van der Waals surface area contributed by atoms with Crippen LogP contribution in [0, 0.1) is 20.8 Å². The van der Waals surface area contributed by atoms with E-state index in [2.05, 4.69) is 10.9 Å². The summed E-state index contributed by atoms with van der Waals surface area (Å²) in [5, 5.41) is 0. The van der Waals surface area contributed by atoms with Crippen molar-refractivity contribution in [2.45, 2.75) is 38.7 Å². The molecular formula is C20H24N2O3S.